The highest BCUT2D eigenvalue weighted by Gasteiger charge is 2.29. The van der Waals surface area contributed by atoms with E-state index in [9.17, 15) is 14.4 Å². The average Bonchev–Trinajstić information content (AvgIpc) is 3.79. The van der Waals surface area contributed by atoms with Crippen molar-refractivity contribution in [2.24, 2.45) is 5.92 Å². The van der Waals surface area contributed by atoms with Crippen molar-refractivity contribution in [3.05, 3.63) is 64.8 Å². The predicted molar refractivity (Wildman–Crippen MR) is 210 cm³/mol. The first-order valence-corrected chi connectivity index (χ1v) is 19.2. The summed E-state index contributed by atoms with van der Waals surface area (Å²) in [5.41, 5.74) is 4.18. The Bertz CT molecular complexity index is 2180. The van der Waals surface area contributed by atoms with Gasteiger partial charge in [-0.05, 0) is 63.6 Å². The number of nitrogens with one attached hydrogen (secondary N) is 2. The van der Waals surface area contributed by atoms with Crippen LogP contribution < -0.4 is 24.4 Å². The number of imidazole rings is 1. The van der Waals surface area contributed by atoms with Crippen LogP contribution in [-0.4, -0.2) is 108 Å². The van der Waals surface area contributed by atoms with Gasteiger partial charge in [0.15, 0.2) is 11.5 Å². The summed E-state index contributed by atoms with van der Waals surface area (Å²) in [5.74, 6) is 2.98. The molecule has 2 aliphatic heterocycles. The maximum absolute atomic E-state index is 14.3. The lowest BCUT2D eigenvalue weighted by Crippen LogP contribution is -2.46. The number of ether oxygens (including phenoxy) is 3. The lowest BCUT2D eigenvalue weighted by Gasteiger charge is -2.36. The van der Waals surface area contributed by atoms with E-state index in [1.54, 1.807) is 40.1 Å². The Hall–Kier alpha value is -5.86. The number of methoxy groups -OCH3 is 3. The van der Waals surface area contributed by atoms with Gasteiger partial charge in [0.05, 0.1) is 50.1 Å². The van der Waals surface area contributed by atoms with E-state index in [1.807, 2.05) is 35.2 Å². The molecule has 5 aromatic rings. The Labute approximate surface area is 325 Å². The number of anilines is 1. The third-order valence-corrected chi connectivity index (χ3v) is 10.8. The maximum Gasteiger partial charge on any atom is 0.259 e. The number of hydrogen-bond donors (Lipinski definition) is 2. The average molecular weight is 767 g/mol. The minimum atomic E-state index is -0.298. The lowest BCUT2D eigenvalue weighted by molar-refractivity contribution is -0.131. The number of carbonyl (C=O) groups excluding carboxylic acids is 3. The van der Waals surface area contributed by atoms with Crippen molar-refractivity contribution in [2.45, 2.75) is 58.9 Å². The maximum atomic E-state index is 14.3. The molecule has 2 N–H and O–H groups in total. The van der Waals surface area contributed by atoms with Crippen molar-refractivity contribution < 1.29 is 33.1 Å². The Morgan fingerprint density at radius 1 is 0.911 bits per heavy atom. The fraction of sp³-hybridized carbons (Fsp3) is 0.463. The molecule has 2 aromatic carbocycles. The number of aryl methyl sites for hydroxylation is 3. The van der Waals surface area contributed by atoms with Crippen LogP contribution >= 0.6 is 0 Å². The van der Waals surface area contributed by atoms with Gasteiger partial charge in [0, 0.05) is 69.1 Å². The second kappa shape index (κ2) is 16.9. The molecule has 1 saturated heterocycles. The molecule has 2 aliphatic rings. The van der Waals surface area contributed by atoms with Crippen LogP contribution in [0, 0.1) is 19.8 Å². The summed E-state index contributed by atoms with van der Waals surface area (Å²) in [6.45, 7) is 6.23. The number of aromatic amines is 1. The Balaban J connectivity index is 1.25. The lowest BCUT2D eigenvalue weighted by atomic mass is 9.97. The van der Waals surface area contributed by atoms with Crippen molar-refractivity contribution >= 4 is 45.5 Å². The topological polar surface area (TPSA) is 168 Å². The molecule has 3 aromatic heterocycles. The van der Waals surface area contributed by atoms with Crippen LogP contribution in [0.15, 0.2) is 40.9 Å². The summed E-state index contributed by atoms with van der Waals surface area (Å²) in [5, 5.41) is 7.82. The van der Waals surface area contributed by atoms with Crippen molar-refractivity contribution in [1.82, 2.24) is 35.2 Å². The Morgan fingerprint density at radius 2 is 1.70 bits per heavy atom. The molecule has 15 heteroatoms. The molecule has 1 atom stereocenters. The highest BCUT2D eigenvalue weighted by molar-refractivity contribution is 5.98. The van der Waals surface area contributed by atoms with Crippen molar-refractivity contribution in [3.8, 4) is 17.2 Å². The fourth-order valence-electron chi connectivity index (χ4n) is 7.93. The van der Waals surface area contributed by atoms with E-state index < -0.39 is 0 Å². The highest BCUT2D eigenvalue weighted by Crippen LogP contribution is 2.44. The quantitative estimate of drug-likeness (QED) is 0.230. The van der Waals surface area contributed by atoms with Gasteiger partial charge >= 0.3 is 0 Å². The standard InChI is InChI=1S/C41H50N8O7/c1-25-37(26(2)56-46-25)41(52)49-17-9-8-16-47(36(51)15-14-34-43-30-12-6-7-13-31(30)44-34)23-28-19-29-32(20-33(53-3)39(55-5)38(29)54-4)45-40(28)48-18-10-11-27(22-48)21-42-35(50)24-49/h6-7,12-13,19-20,27H,8-11,14-18,21-24H2,1-5H3,(H,42,50)(H,43,44). The van der Waals surface area contributed by atoms with Gasteiger partial charge in [0.1, 0.15) is 23.0 Å². The van der Waals surface area contributed by atoms with Crippen molar-refractivity contribution in [2.75, 3.05) is 65.5 Å². The van der Waals surface area contributed by atoms with Gasteiger partial charge < -0.3 is 43.7 Å². The molecule has 3 amide bonds. The Morgan fingerprint density at radius 3 is 2.43 bits per heavy atom. The molecule has 0 saturated carbocycles. The third-order valence-electron chi connectivity index (χ3n) is 10.8. The number of amides is 3. The highest BCUT2D eigenvalue weighted by atomic mass is 16.5. The van der Waals surface area contributed by atoms with Crippen LogP contribution in [0.1, 0.15) is 65.3 Å². The van der Waals surface area contributed by atoms with E-state index in [4.69, 9.17) is 28.7 Å². The van der Waals surface area contributed by atoms with Gasteiger partial charge in [-0.2, -0.15) is 0 Å². The van der Waals surface area contributed by atoms with Crippen LogP contribution in [0.5, 0.6) is 17.2 Å². The Kier molecular flexibility index (Phi) is 11.6. The molecule has 0 aliphatic carbocycles. The number of para-hydroxylation sites is 2. The smallest absolute Gasteiger partial charge is 0.259 e. The molecule has 56 heavy (non-hydrogen) atoms. The summed E-state index contributed by atoms with van der Waals surface area (Å²) in [6, 6.07) is 11.7. The van der Waals surface area contributed by atoms with Gasteiger partial charge in [-0.1, -0.05) is 17.3 Å². The summed E-state index contributed by atoms with van der Waals surface area (Å²) in [4.78, 5) is 60.6. The summed E-state index contributed by atoms with van der Waals surface area (Å²) < 4.78 is 22.6. The number of H-pyrrole nitrogens is 1. The number of hydrogen-bond acceptors (Lipinski definition) is 11. The molecule has 1 unspecified atom stereocenters. The number of carbonyl (C=O) groups is 3. The number of aromatic nitrogens is 4. The van der Waals surface area contributed by atoms with Crippen LogP contribution in [0.3, 0.4) is 0 Å². The van der Waals surface area contributed by atoms with Crippen molar-refractivity contribution in [3.63, 3.8) is 0 Å². The predicted octanol–water partition coefficient (Wildman–Crippen LogP) is 4.97. The third kappa shape index (κ3) is 8.07. The van der Waals surface area contributed by atoms with Crippen LogP contribution in [0.25, 0.3) is 21.9 Å². The van der Waals surface area contributed by atoms with E-state index in [1.165, 1.54) is 0 Å². The zero-order chi connectivity index (χ0) is 39.3. The molecule has 1 fully saturated rings. The SMILES string of the molecule is COc1cc2nc3c(cc2c(OC)c1OC)CN(C(=O)CCc1nc2ccccc2[nH]1)CCCCN(C(=O)c1c(C)noc1C)CC(=O)NCC1CCCN3C1. The van der Waals surface area contributed by atoms with E-state index in [0.717, 1.165) is 53.0 Å². The minimum absolute atomic E-state index is 0.0311. The van der Waals surface area contributed by atoms with E-state index in [0.29, 0.717) is 91.8 Å². The zero-order valence-electron chi connectivity index (χ0n) is 32.8. The van der Waals surface area contributed by atoms with Crippen LogP contribution in [0.4, 0.5) is 5.82 Å². The molecular formula is C41H50N8O7. The molecule has 5 heterocycles. The number of piperidine rings is 1. The van der Waals surface area contributed by atoms with Gasteiger partial charge in [0.2, 0.25) is 17.6 Å². The second-order valence-electron chi connectivity index (χ2n) is 14.6. The largest absolute Gasteiger partial charge is 0.493 e. The van der Waals surface area contributed by atoms with Gasteiger partial charge in [-0.25, -0.2) is 9.97 Å². The van der Waals surface area contributed by atoms with E-state index >= 15 is 0 Å². The first-order chi connectivity index (χ1) is 27.2. The first-order valence-electron chi connectivity index (χ1n) is 19.2. The summed E-state index contributed by atoms with van der Waals surface area (Å²) in [7, 11) is 4.74. The van der Waals surface area contributed by atoms with Crippen molar-refractivity contribution in [1.29, 1.82) is 0 Å². The molecule has 0 spiro atoms. The van der Waals surface area contributed by atoms with Gasteiger partial charge in [-0.3, -0.25) is 14.4 Å². The number of fused-ring (bicyclic) bond motifs is 6. The van der Waals surface area contributed by atoms with Gasteiger partial charge in [0.25, 0.3) is 5.91 Å². The molecule has 2 bridgehead atoms. The minimum Gasteiger partial charge on any atom is -0.493 e. The molecule has 0 radical (unpaired) electrons. The number of nitrogens with zero attached hydrogens (tertiary/aromatic N) is 6. The molecule has 7 rings (SSSR count). The monoisotopic (exact) mass is 766 g/mol. The van der Waals surface area contributed by atoms with E-state index in [-0.39, 0.29) is 36.6 Å². The fourth-order valence-corrected chi connectivity index (χ4v) is 7.93. The number of benzene rings is 2. The molecular weight excluding hydrogens is 716 g/mol. The number of pyridine rings is 1. The summed E-state index contributed by atoms with van der Waals surface area (Å²) >= 11 is 0. The molecule has 296 valence electrons. The van der Waals surface area contributed by atoms with E-state index in [2.05, 4.69) is 26.4 Å². The molecule has 15 nitrogen and oxygen atoms in total. The van der Waals surface area contributed by atoms with Gasteiger partial charge in [-0.15, -0.1) is 0 Å². The second-order valence-corrected chi connectivity index (χ2v) is 14.6. The normalized spacial score (nSPS) is 17.1. The van der Waals surface area contributed by atoms with Crippen LogP contribution in [0.2, 0.25) is 0 Å². The summed E-state index contributed by atoms with van der Waals surface area (Å²) in [6.07, 6.45) is 3.64. The zero-order valence-corrected chi connectivity index (χ0v) is 32.8. The van der Waals surface area contributed by atoms with Crippen LogP contribution in [-0.2, 0) is 22.6 Å². The number of rotatable bonds is 7. The first kappa shape index (κ1) is 38.4.